The molecule has 7 nitrogen and oxygen atoms in total. The lowest BCUT2D eigenvalue weighted by Gasteiger charge is -2.32. The fourth-order valence-corrected chi connectivity index (χ4v) is 3.77. The Kier molecular flexibility index (Phi) is 4.07. The van der Waals surface area contributed by atoms with Gasteiger partial charge in [0.2, 0.25) is 5.91 Å². The van der Waals surface area contributed by atoms with Gasteiger partial charge in [0.1, 0.15) is 5.76 Å². The Labute approximate surface area is 146 Å². The molecule has 132 valence electrons. The number of aromatic nitrogens is 2. The number of furan rings is 1. The van der Waals surface area contributed by atoms with E-state index in [2.05, 4.69) is 5.10 Å². The molecule has 0 aromatic carbocycles. The van der Waals surface area contributed by atoms with Gasteiger partial charge in [0.25, 0.3) is 5.91 Å². The van der Waals surface area contributed by atoms with Gasteiger partial charge in [-0.05, 0) is 31.9 Å². The van der Waals surface area contributed by atoms with E-state index in [-0.39, 0.29) is 17.9 Å². The van der Waals surface area contributed by atoms with Crippen molar-refractivity contribution in [3.8, 4) is 0 Å². The summed E-state index contributed by atoms with van der Waals surface area (Å²) in [4.78, 5) is 29.0. The first-order chi connectivity index (χ1) is 12.1. The topological polar surface area (TPSA) is 71.6 Å². The van der Waals surface area contributed by atoms with Crippen LogP contribution < -0.4 is 0 Å². The van der Waals surface area contributed by atoms with Crippen molar-refractivity contribution in [2.75, 3.05) is 13.1 Å². The van der Waals surface area contributed by atoms with Crippen molar-refractivity contribution < 1.29 is 14.0 Å². The van der Waals surface area contributed by atoms with Gasteiger partial charge in [-0.3, -0.25) is 14.3 Å². The summed E-state index contributed by atoms with van der Waals surface area (Å²) in [6.45, 7) is 4.42. The molecule has 1 saturated heterocycles. The van der Waals surface area contributed by atoms with Gasteiger partial charge >= 0.3 is 0 Å². The molecule has 2 aliphatic rings. The van der Waals surface area contributed by atoms with Crippen LogP contribution in [0.5, 0.6) is 0 Å². The van der Waals surface area contributed by atoms with E-state index in [1.54, 1.807) is 25.5 Å². The lowest BCUT2D eigenvalue weighted by Crippen LogP contribution is -2.46. The molecule has 0 unspecified atom stereocenters. The van der Waals surface area contributed by atoms with Crippen molar-refractivity contribution >= 4 is 11.8 Å². The van der Waals surface area contributed by atoms with Gasteiger partial charge in [-0.25, -0.2) is 0 Å². The highest BCUT2D eigenvalue weighted by molar-refractivity contribution is 5.95. The Morgan fingerprint density at radius 2 is 2.24 bits per heavy atom. The predicted molar refractivity (Wildman–Crippen MR) is 89.8 cm³/mol. The molecule has 1 atom stereocenters. The number of hydrogen-bond acceptors (Lipinski definition) is 4. The Morgan fingerprint density at radius 1 is 1.36 bits per heavy atom. The fraction of sp³-hybridized carbons (Fsp3) is 0.500. The number of aryl methyl sites for hydroxylation is 2. The second-order valence-corrected chi connectivity index (χ2v) is 6.76. The first-order valence-corrected chi connectivity index (χ1v) is 8.77. The minimum atomic E-state index is -0.0439. The molecule has 0 radical (unpaired) electrons. The summed E-state index contributed by atoms with van der Waals surface area (Å²) in [5.41, 5.74) is 1.61. The molecule has 0 bridgehead atoms. The number of carbonyl (C=O) groups excluding carboxylic acids is 2. The standard InChI is InChI=1S/C18H22N4O3/c1-13-16(6-10-25-13)18(24)21-12-15-4-7-19-22(15)9-5-14(21)11-20-8-2-3-17(20)23/h4,6-7,10,14H,2-3,5,8-9,11-12H2,1H3/t14-/m0/s1. The molecule has 4 heterocycles. The lowest BCUT2D eigenvalue weighted by molar-refractivity contribution is -0.128. The van der Waals surface area contributed by atoms with E-state index < -0.39 is 0 Å². The number of amides is 2. The smallest absolute Gasteiger partial charge is 0.258 e. The molecule has 2 aliphatic heterocycles. The van der Waals surface area contributed by atoms with Crippen molar-refractivity contribution in [2.45, 2.75) is 45.3 Å². The second-order valence-electron chi connectivity index (χ2n) is 6.76. The summed E-state index contributed by atoms with van der Waals surface area (Å²) in [6, 6.07) is 3.65. The van der Waals surface area contributed by atoms with E-state index in [1.807, 2.05) is 20.5 Å². The van der Waals surface area contributed by atoms with Crippen LogP contribution in [0.2, 0.25) is 0 Å². The number of hydrogen-bond donors (Lipinski definition) is 0. The number of fused-ring (bicyclic) bond motifs is 1. The SMILES string of the molecule is Cc1occc1C(=O)N1Cc2ccnn2CC[C@H]1CN1CCCC1=O. The summed E-state index contributed by atoms with van der Waals surface area (Å²) in [7, 11) is 0. The molecule has 2 aromatic rings. The number of rotatable bonds is 3. The monoisotopic (exact) mass is 342 g/mol. The van der Waals surface area contributed by atoms with Crippen LogP contribution >= 0.6 is 0 Å². The molecule has 0 aliphatic carbocycles. The van der Waals surface area contributed by atoms with E-state index in [0.29, 0.717) is 30.8 Å². The van der Waals surface area contributed by atoms with Crippen LogP contribution in [0.4, 0.5) is 0 Å². The average molecular weight is 342 g/mol. The van der Waals surface area contributed by atoms with Gasteiger partial charge in [0.15, 0.2) is 0 Å². The van der Waals surface area contributed by atoms with Crippen molar-refractivity contribution in [1.29, 1.82) is 0 Å². The summed E-state index contributed by atoms with van der Waals surface area (Å²) < 4.78 is 7.27. The molecule has 0 saturated carbocycles. The van der Waals surface area contributed by atoms with Crippen LogP contribution in [0.15, 0.2) is 29.0 Å². The van der Waals surface area contributed by atoms with E-state index >= 15 is 0 Å². The third-order valence-corrected chi connectivity index (χ3v) is 5.20. The highest BCUT2D eigenvalue weighted by atomic mass is 16.3. The minimum Gasteiger partial charge on any atom is -0.469 e. The van der Waals surface area contributed by atoms with E-state index in [4.69, 9.17) is 4.42 Å². The second kappa shape index (κ2) is 6.38. The van der Waals surface area contributed by atoms with Gasteiger partial charge in [-0.1, -0.05) is 0 Å². The van der Waals surface area contributed by atoms with Crippen molar-refractivity contribution in [2.24, 2.45) is 0 Å². The quantitative estimate of drug-likeness (QED) is 0.853. The zero-order valence-electron chi connectivity index (χ0n) is 14.4. The Hall–Kier alpha value is -2.57. The van der Waals surface area contributed by atoms with E-state index in [9.17, 15) is 9.59 Å². The van der Waals surface area contributed by atoms with E-state index in [1.165, 1.54) is 0 Å². The van der Waals surface area contributed by atoms with Gasteiger partial charge in [-0.15, -0.1) is 0 Å². The molecule has 1 fully saturated rings. The molecule has 4 rings (SSSR count). The fourth-order valence-electron chi connectivity index (χ4n) is 3.77. The van der Waals surface area contributed by atoms with Crippen LogP contribution in [-0.4, -0.2) is 50.5 Å². The average Bonchev–Trinajstić information content (AvgIpc) is 3.29. The molecule has 0 N–H and O–H groups in total. The molecular weight excluding hydrogens is 320 g/mol. The lowest BCUT2D eigenvalue weighted by atomic mass is 10.1. The van der Waals surface area contributed by atoms with Crippen LogP contribution in [-0.2, 0) is 17.9 Å². The van der Waals surface area contributed by atoms with Gasteiger partial charge < -0.3 is 14.2 Å². The summed E-state index contributed by atoms with van der Waals surface area (Å²) in [5.74, 6) is 0.769. The minimum absolute atomic E-state index is 0.0226. The van der Waals surface area contributed by atoms with Crippen LogP contribution in [0.1, 0.15) is 41.1 Å². The zero-order chi connectivity index (χ0) is 17.4. The van der Waals surface area contributed by atoms with Crippen LogP contribution in [0, 0.1) is 6.92 Å². The summed E-state index contributed by atoms with van der Waals surface area (Å²) >= 11 is 0. The largest absolute Gasteiger partial charge is 0.469 e. The van der Waals surface area contributed by atoms with Crippen LogP contribution in [0.25, 0.3) is 0 Å². The highest BCUT2D eigenvalue weighted by Crippen LogP contribution is 2.23. The summed E-state index contributed by atoms with van der Waals surface area (Å²) in [5, 5.41) is 4.35. The van der Waals surface area contributed by atoms with Gasteiger partial charge in [-0.2, -0.15) is 5.10 Å². The Balaban J connectivity index is 1.63. The molecule has 2 amide bonds. The van der Waals surface area contributed by atoms with Crippen molar-refractivity contribution in [1.82, 2.24) is 19.6 Å². The Bertz CT molecular complexity index is 794. The number of nitrogens with zero attached hydrogens (tertiary/aromatic N) is 4. The maximum Gasteiger partial charge on any atom is 0.258 e. The highest BCUT2D eigenvalue weighted by Gasteiger charge is 2.33. The first-order valence-electron chi connectivity index (χ1n) is 8.77. The third kappa shape index (κ3) is 2.94. The van der Waals surface area contributed by atoms with Gasteiger partial charge in [0, 0.05) is 32.3 Å². The predicted octanol–water partition coefficient (Wildman–Crippen LogP) is 1.82. The maximum absolute atomic E-state index is 13.2. The Morgan fingerprint density at radius 3 is 2.96 bits per heavy atom. The van der Waals surface area contributed by atoms with Crippen molar-refractivity contribution in [3.63, 3.8) is 0 Å². The normalized spacial score (nSPS) is 20.7. The number of carbonyl (C=O) groups is 2. The molecule has 2 aromatic heterocycles. The number of likely N-dealkylation sites (tertiary alicyclic amines) is 1. The molecule has 0 spiro atoms. The molecular formula is C18H22N4O3. The first kappa shape index (κ1) is 15.9. The van der Waals surface area contributed by atoms with Crippen molar-refractivity contribution in [3.05, 3.63) is 41.6 Å². The zero-order valence-corrected chi connectivity index (χ0v) is 14.4. The molecule has 7 heteroatoms. The van der Waals surface area contributed by atoms with Crippen LogP contribution in [0.3, 0.4) is 0 Å². The van der Waals surface area contributed by atoms with Gasteiger partial charge in [0.05, 0.1) is 30.1 Å². The third-order valence-electron chi connectivity index (χ3n) is 5.20. The van der Waals surface area contributed by atoms with E-state index in [0.717, 1.165) is 31.6 Å². The maximum atomic E-state index is 13.2. The summed E-state index contributed by atoms with van der Waals surface area (Å²) in [6.07, 6.45) is 5.61. The molecule has 25 heavy (non-hydrogen) atoms.